The number of aromatic nitrogens is 1. The second-order valence-corrected chi connectivity index (χ2v) is 8.38. The first-order chi connectivity index (χ1) is 14.1. The maximum Gasteiger partial charge on any atom is 0.417 e. The molecule has 0 aliphatic carbocycles. The van der Waals surface area contributed by atoms with Crippen LogP contribution in [0.25, 0.3) is 10.9 Å². The number of hydrogen-bond acceptors (Lipinski definition) is 2. The highest BCUT2D eigenvalue weighted by Gasteiger charge is 2.56. The predicted octanol–water partition coefficient (Wildman–Crippen LogP) is 6.10. The summed E-state index contributed by atoms with van der Waals surface area (Å²) >= 11 is 0. The van der Waals surface area contributed by atoms with Crippen LogP contribution in [0.15, 0.2) is 48.5 Å². The SMILES string of the molecule is CC(C)(CC(O)(Cc1cc2cc(C(F)(F)F)ccc2[nH]1)C(F)(F)F)c1ccccc1O. The largest absolute Gasteiger partial charge is 0.508 e. The summed E-state index contributed by atoms with van der Waals surface area (Å²) in [6, 6.07) is 9.92. The van der Waals surface area contributed by atoms with Crippen LogP contribution in [0.1, 0.15) is 37.1 Å². The number of aromatic hydroxyl groups is 1. The van der Waals surface area contributed by atoms with Crippen molar-refractivity contribution in [3.05, 3.63) is 65.4 Å². The molecule has 3 aromatic rings. The van der Waals surface area contributed by atoms with Crippen LogP contribution in [0.4, 0.5) is 26.3 Å². The summed E-state index contributed by atoms with van der Waals surface area (Å²) in [6.45, 7) is 2.94. The third kappa shape index (κ3) is 4.66. The van der Waals surface area contributed by atoms with Crippen LogP contribution < -0.4 is 0 Å². The Morgan fingerprint density at radius 1 is 0.903 bits per heavy atom. The number of H-pyrrole nitrogens is 1. The summed E-state index contributed by atoms with van der Waals surface area (Å²) < 4.78 is 80.5. The van der Waals surface area contributed by atoms with Gasteiger partial charge < -0.3 is 15.2 Å². The fourth-order valence-electron chi connectivity index (χ4n) is 3.91. The number of benzene rings is 2. The normalized spacial score (nSPS) is 15.3. The van der Waals surface area contributed by atoms with E-state index in [2.05, 4.69) is 4.98 Å². The standard InChI is InChI=1S/C22H21F6NO2/c1-19(2,16-5-3-4-6-18(16)30)12-20(31,22(26,27)28)11-15-10-13-9-14(21(23,24)25)7-8-17(13)29-15/h3-10,29-31H,11-12H2,1-2H3. The molecule has 1 unspecified atom stereocenters. The lowest BCUT2D eigenvalue weighted by atomic mass is 9.73. The molecule has 31 heavy (non-hydrogen) atoms. The first-order valence-corrected chi connectivity index (χ1v) is 9.39. The second kappa shape index (κ2) is 7.47. The van der Waals surface area contributed by atoms with E-state index in [1.807, 2.05) is 0 Å². The minimum Gasteiger partial charge on any atom is -0.508 e. The van der Waals surface area contributed by atoms with Crippen molar-refractivity contribution < 1.29 is 36.6 Å². The predicted molar refractivity (Wildman–Crippen MR) is 104 cm³/mol. The Bertz CT molecular complexity index is 1080. The Labute approximate surface area is 174 Å². The number of para-hydroxylation sites is 1. The van der Waals surface area contributed by atoms with E-state index in [1.54, 1.807) is 6.07 Å². The fourth-order valence-corrected chi connectivity index (χ4v) is 3.91. The Morgan fingerprint density at radius 2 is 1.55 bits per heavy atom. The van der Waals surface area contributed by atoms with Crippen molar-refractivity contribution in [1.82, 2.24) is 4.98 Å². The van der Waals surface area contributed by atoms with E-state index in [0.717, 1.165) is 18.2 Å². The number of rotatable bonds is 5. The van der Waals surface area contributed by atoms with Gasteiger partial charge in [-0.3, -0.25) is 0 Å². The first-order valence-electron chi connectivity index (χ1n) is 9.39. The van der Waals surface area contributed by atoms with Crippen LogP contribution in [0, 0.1) is 0 Å². The zero-order valence-electron chi connectivity index (χ0n) is 16.7. The second-order valence-electron chi connectivity index (χ2n) is 8.38. The molecule has 0 aliphatic heterocycles. The van der Waals surface area contributed by atoms with Crippen molar-refractivity contribution in [2.45, 2.75) is 50.1 Å². The summed E-state index contributed by atoms with van der Waals surface area (Å²) in [5.41, 5.74) is -4.95. The van der Waals surface area contributed by atoms with Crippen molar-refractivity contribution in [1.29, 1.82) is 0 Å². The van der Waals surface area contributed by atoms with Gasteiger partial charge in [0.25, 0.3) is 0 Å². The van der Waals surface area contributed by atoms with Gasteiger partial charge in [-0.15, -0.1) is 0 Å². The molecule has 1 aromatic heterocycles. The number of aromatic amines is 1. The number of phenols is 1. The average Bonchev–Trinajstić information content (AvgIpc) is 3.00. The van der Waals surface area contributed by atoms with Crippen molar-refractivity contribution >= 4 is 10.9 Å². The molecule has 3 N–H and O–H groups in total. The lowest BCUT2D eigenvalue weighted by molar-refractivity contribution is -0.266. The Kier molecular flexibility index (Phi) is 5.54. The summed E-state index contributed by atoms with van der Waals surface area (Å²) in [6.07, 6.45) is -11.3. The van der Waals surface area contributed by atoms with E-state index in [9.17, 15) is 36.6 Å². The number of fused-ring (bicyclic) bond motifs is 1. The van der Waals surface area contributed by atoms with Crippen LogP contribution >= 0.6 is 0 Å². The Morgan fingerprint density at radius 3 is 2.13 bits per heavy atom. The molecule has 0 radical (unpaired) electrons. The van der Waals surface area contributed by atoms with Gasteiger partial charge in [-0.05, 0) is 47.7 Å². The van der Waals surface area contributed by atoms with Gasteiger partial charge >= 0.3 is 12.4 Å². The van der Waals surface area contributed by atoms with Gasteiger partial charge in [-0.1, -0.05) is 32.0 Å². The molecule has 168 valence electrons. The fraction of sp³-hybridized carbons (Fsp3) is 0.364. The number of alkyl halides is 6. The van der Waals surface area contributed by atoms with Crippen molar-refractivity contribution in [3.8, 4) is 5.75 Å². The van der Waals surface area contributed by atoms with E-state index in [1.165, 1.54) is 38.1 Å². The molecule has 0 bridgehead atoms. The van der Waals surface area contributed by atoms with Crippen LogP contribution in [0.2, 0.25) is 0 Å². The van der Waals surface area contributed by atoms with Gasteiger partial charge in [-0.2, -0.15) is 26.3 Å². The Balaban J connectivity index is 1.97. The number of nitrogens with one attached hydrogen (secondary N) is 1. The zero-order valence-corrected chi connectivity index (χ0v) is 16.7. The molecule has 0 saturated heterocycles. The molecule has 9 heteroatoms. The highest BCUT2D eigenvalue weighted by Crippen LogP contribution is 2.45. The molecule has 2 aromatic carbocycles. The minimum absolute atomic E-state index is 0.0535. The van der Waals surface area contributed by atoms with Crippen LogP contribution in [0.5, 0.6) is 5.75 Å². The maximum absolute atomic E-state index is 13.9. The Hall–Kier alpha value is -2.68. The van der Waals surface area contributed by atoms with Crippen LogP contribution in [-0.4, -0.2) is 27.0 Å². The lowest BCUT2D eigenvalue weighted by Gasteiger charge is -2.38. The first kappa shape index (κ1) is 23.0. The summed E-state index contributed by atoms with van der Waals surface area (Å²) in [7, 11) is 0. The molecule has 0 spiro atoms. The van der Waals surface area contributed by atoms with E-state index < -0.39 is 41.8 Å². The van der Waals surface area contributed by atoms with Gasteiger partial charge in [0.15, 0.2) is 5.60 Å². The van der Waals surface area contributed by atoms with Crippen molar-refractivity contribution in [2.75, 3.05) is 0 Å². The smallest absolute Gasteiger partial charge is 0.417 e. The lowest BCUT2D eigenvalue weighted by Crippen LogP contribution is -2.50. The summed E-state index contributed by atoms with van der Waals surface area (Å²) in [4.78, 5) is 2.66. The van der Waals surface area contributed by atoms with Gasteiger partial charge in [-0.25, -0.2) is 0 Å². The topological polar surface area (TPSA) is 56.2 Å². The molecule has 0 aliphatic rings. The number of phenolic OH excluding ortho intramolecular Hbond substituents is 1. The maximum atomic E-state index is 13.9. The van der Waals surface area contributed by atoms with Gasteiger partial charge in [0.05, 0.1) is 5.56 Å². The third-order valence-corrected chi connectivity index (χ3v) is 5.38. The minimum atomic E-state index is -5.02. The molecular weight excluding hydrogens is 424 g/mol. The highest BCUT2D eigenvalue weighted by atomic mass is 19.4. The number of hydrogen-bond donors (Lipinski definition) is 3. The molecule has 0 fully saturated rings. The molecule has 3 rings (SSSR count). The van der Waals surface area contributed by atoms with Crippen LogP contribution in [0.3, 0.4) is 0 Å². The van der Waals surface area contributed by atoms with Crippen LogP contribution in [-0.2, 0) is 18.0 Å². The molecular formula is C22H21F6NO2. The number of aliphatic hydroxyl groups is 1. The molecule has 1 atom stereocenters. The van der Waals surface area contributed by atoms with E-state index in [-0.39, 0.29) is 27.9 Å². The van der Waals surface area contributed by atoms with Crippen molar-refractivity contribution in [3.63, 3.8) is 0 Å². The molecule has 0 amide bonds. The quantitative estimate of drug-likeness (QED) is 0.416. The summed E-state index contributed by atoms with van der Waals surface area (Å²) in [5, 5.41) is 20.8. The highest BCUT2D eigenvalue weighted by molar-refractivity contribution is 5.81. The van der Waals surface area contributed by atoms with Crippen molar-refractivity contribution in [2.24, 2.45) is 0 Å². The van der Waals surface area contributed by atoms with Gasteiger partial charge in [0.2, 0.25) is 0 Å². The third-order valence-electron chi connectivity index (χ3n) is 5.38. The van der Waals surface area contributed by atoms with E-state index >= 15 is 0 Å². The average molecular weight is 445 g/mol. The summed E-state index contributed by atoms with van der Waals surface area (Å²) in [5.74, 6) is -0.192. The van der Waals surface area contributed by atoms with Gasteiger partial charge in [0, 0.05) is 23.0 Å². The number of halogens is 6. The zero-order chi connectivity index (χ0) is 23.2. The van der Waals surface area contributed by atoms with E-state index in [4.69, 9.17) is 0 Å². The molecule has 0 saturated carbocycles. The molecule has 3 nitrogen and oxygen atoms in total. The van der Waals surface area contributed by atoms with Gasteiger partial charge in [0.1, 0.15) is 5.75 Å². The monoisotopic (exact) mass is 445 g/mol. The molecule has 1 heterocycles. The van der Waals surface area contributed by atoms with E-state index in [0.29, 0.717) is 0 Å².